The van der Waals surface area contributed by atoms with Crippen molar-refractivity contribution in [3.05, 3.63) is 22.8 Å². The number of esters is 2. The summed E-state index contributed by atoms with van der Waals surface area (Å²) in [5.41, 5.74) is 1.13. The van der Waals surface area contributed by atoms with Gasteiger partial charge in [-0.1, -0.05) is 11.6 Å². The first-order valence-corrected chi connectivity index (χ1v) is 4.81. The lowest BCUT2D eigenvalue weighted by Gasteiger charge is -2.06. The summed E-state index contributed by atoms with van der Waals surface area (Å²) in [6, 6.07) is 0. The zero-order chi connectivity index (χ0) is 11.8. The molecule has 6 heteroatoms. The van der Waals surface area contributed by atoms with Crippen LogP contribution >= 0.6 is 23.2 Å². The number of hydrogen-bond donors (Lipinski definition) is 0. The third-order valence-electron chi connectivity index (χ3n) is 1.51. The highest BCUT2D eigenvalue weighted by Crippen LogP contribution is 2.12. The molecule has 0 aliphatic rings. The minimum absolute atomic E-state index is 0.0528. The highest BCUT2D eigenvalue weighted by atomic mass is 35.5. The van der Waals surface area contributed by atoms with E-state index < -0.39 is 11.9 Å². The van der Waals surface area contributed by atoms with Crippen LogP contribution in [0, 0.1) is 0 Å². The first-order chi connectivity index (χ1) is 7.12. The van der Waals surface area contributed by atoms with Crippen molar-refractivity contribution in [3.8, 4) is 0 Å². The second-order valence-electron chi connectivity index (χ2n) is 2.31. The minimum Gasteiger partial charge on any atom is -0.465 e. The van der Waals surface area contributed by atoms with Crippen LogP contribution in [0.4, 0.5) is 0 Å². The zero-order valence-electron chi connectivity index (χ0n) is 8.25. The van der Waals surface area contributed by atoms with E-state index in [1.54, 1.807) is 0 Å². The van der Waals surface area contributed by atoms with Crippen molar-refractivity contribution in [2.45, 2.75) is 0 Å². The fourth-order valence-electron chi connectivity index (χ4n) is 0.820. The lowest BCUT2D eigenvalue weighted by atomic mass is 10.1. The normalized spacial score (nSPS) is 9.87. The van der Waals surface area contributed by atoms with Crippen LogP contribution in [0.2, 0.25) is 0 Å². The molecule has 0 spiro atoms. The standard InChI is InChI=1S/C9H10Cl2O4/c1-14-8(12)7(9(13)15-2)6(5-11)3-4-10/h3-4H,5H2,1-2H3/b4-3+. The first-order valence-electron chi connectivity index (χ1n) is 3.84. The quantitative estimate of drug-likeness (QED) is 0.191. The van der Waals surface area contributed by atoms with Gasteiger partial charge in [0.1, 0.15) is 5.57 Å². The molecule has 0 aromatic carbocycles. The van der Waals surface area contributed by atoms with Gasteiger partial charge in [0.05, 0.1) is 14.2 Å². The highest BCUT2D eigenvalue weighted by molar-refractivity contribution is 6.26. The summed E-state index contributed by atoms with van der Waals surface area (Å²) in [4.78, 5) is 22.5. The van der Waals surface area contributed by atoms with Crippen LogP contribution in [0.1, 0.15) is 0 Å². The molecule has 0 aromatic heterocycles. The summed E-state index contributed by atoms with van der Waals surface area (Å²) in [5.74, 6) is -1.68. The van der Waals surface area contributed by atoms with Gasteiger partial charge in [-0.25, -0.2) is 9.59 Å². The second kappa shape index (κ2) is 7.31. The Hall–Kier alpha value is -1.000. The van der Waals surface area contributed by atoms with Gasteiger partial charge in [0.2, 0.25) is 0 Å². The van der Waals surface area contributed by atoms with Gasteiger partial charge in [-0.05, 0) is 11.6 Å². The van der Waals surface area contributed by atoms with Crippen LogP contribution < -0.4 is 0 Å². The van der Waals surface area contributed by atoms with Crippen LogP contribution in [0.3, 0.4) is 0 Å². The number of carbonyl (C=O) groups excluding carboxylic acids is 2. The first kappa shape index (κ1) is 14.0. The number of halogens is 2. The molecule has 0 aliphatic heterocycles. The fourth-order valence-corrected chi connectivity index (χ4v) is 1.20. The Morgan fingerprint density at radius 3 is 1.93 bits per heavy atom. The van der Waals surface area contributed by atoms with E-state index in [0.29, 0.717) is 0 Å². The Labute approximate surface area is 97.4 Å². The monoisotopic (exact) mass is 252 g/mol. The predicted molar refractivity (Wildman–Crippen MR) is 56.8 cm³/mol. The Morgan fingerprint density at radius 2 is 1.67 bits per heavy atom. The topological polar surface area (TPSA) is 52.6 Å². The second-order valence-corrected chi connectivity index (χ2v) is 2.83. The molecular formula is C9H10Cl2O4. The van der Waals surface area contributed by atoms with Crippen molar-refractivity contribution in [1.29, 1.82) is 0 Å². The number of rotatable bonds is 4. The lowest BCUT2D eigenvalue weighted by molar-refractivity contribution is -0.144. The van der Waals surface area contributed by atoms with Gasteiger partial charge in [0.25, 0.3) is 0 Å². The van der Waals surface area contributed by atoms with Crippen molar-refractivity contribution in [1.82, 2.24) is 0 Å². The van der Waals surface area contributed by atoms with Gasteiger partial charge in [-0.2, -0.15) is 0 Å². The molecule has 0 aliphatic carbocycles. The van der Waals surface area contributed by atoms with E-state index in [1.807, 2.05) is 0 Å². The number of alkyl halides is 1. The maximum atomic E-state index is 11.3. The molecule has 0 bridgehead atoms. The molecule has 0 heterocycles. The van der Waals surface area contributed by atoms with E-state index in [1.165, 1.54) is 6.08 Å². The van der Waals surface area contributed by atoms with Crippen molar-refractivity contribution >= 4 is 35.1 Å². The summed E-state index contributed by atoms with van der Waals surface area (Å²) in [7, 11) is 2.31. The fraction of sp³-hybridized carbons (Fsp3) is 0.333. The number of methoxy groups -OCH3 is 2. The Kier molecular flexibility index (Phi) is 6.83. The average Bonchev–Trinajstić information content (AvgIpc) is 2.27. The van der Waals surface area contributed by atoms with Gasteiger partial charge in [0, 0.05) is 11.4 Å². The summed E-state index contributed by atoms with van der Waals surface area (Å²) >= 11 is 10.9. The van der Waals surface area contributed by atoms with Gasteiger partial charge < -0.3 is 9.47 Å². The summed E-state index contributed by atoms with van der Waals surface area (Å²) < 4.78 is 8.86. The minimum atomic E-state index is -0.813. The Balaban J connectivity index is 5.38. The number of carbonyl (C=O) groups is 2. The molecule has 4 nitrogen and oxygen atoms in total. The summed E-state index contributed by atoms with van der Waals surface area (Å²) in [5, 5.41) is 0. The van der Waals surface area contributed by atoms with E-state index in [4.69, 9.17) is 23.2 Å². The van der Waals surface area contributed by atoms with Gasteiger partial charge in [-0.3, -0.25) is 0 Å². The summed E-state index contributed by atoms with van der Waals surface area (Å²) in [6.45, 7) is 0. The van der Waals surface area contributed by atoms with E-state index in [2.05, 4.69) is 9.47 Å². The van der Waals surface area contributed by atoms with Gasteiger partial charge in [-0.15, -0.1) is 11.6 Å². The predicted octanol–water partition coefficient (Wildman–Crippen LogP) is 1.62. The molecule has 0 radical (unpaired) electrons. The maximum Gasteiger partial charge on any atom is 0.345 e. The largest absolute Gasteiger partial charge is 0.465 e. The molecular weight excluding hydrogens is 243 g/mol. The third-order valence-corrected chi connectivity index (χ3v) is 1.92. The molecule has 15 heavy (non-hydrogen) atoms. The van der Waals surface area contributed by atoms with Crippen LogP contribution in [0.25, 0.3) is 0 Å². The molecule has 0 atom stereocenters. The van der Waals surface area contributed by atoms with Crippen LogP contribution in [-0.2, 0) is 19.1 Å². The molecule has 0 rings (SSSR count). The Bertz CT molecular complexity index is 289. The van der Waals surface area contributed by atoms with E-state index in [0.717, 1.165) is 19.8 Å². The van der Waals surface area contributed by atoms with Gasteiger partial charge in [0.15, 0.2) is 0 Å². The molecule has 84 valence electrons. The highest BCUT2D eigenvalue weighted by Gasteiger charge is 2.23. The van der Waals surface area contributed by atoms with Crippen LogP contribution in [-0.4, -0.2) is 32.0 Å². The van der Waals surface area contributed by atoms with Crippen LogP contribution in [0.5, 0.6) is 0 Å². The molecule has 0 unspecified atom stereocenters. The molecule has 0 saturated heterocycles. The maximum absolute atomic E-state index is 11.3. The van der Waals surface area contributed by atoms with Gasteiger partial charge >= 0.3 is 11.9 Å². The molecule has 0 N–H and O–H groups in total. The molecule has 0 fully saturated rings. The van der Waals surface area contributed by atoms with Crippen molar-refractivity contribution in [3.63, 3.8) is 0 Å². The molecule has 0 amide bonds. The van der Waals surface area contributed by atoms with Crippen molar-refractivity contribution < 1.29 is 19.1 Å². The third kappa shape index (κ3) is 3.93. The molecule has 0 aromatic rings. The smallest absolute Gasteiger partial charge is 0.345 e. The number of ether oxygens (including phenoxy) is 2. The lowest BCUT2D eigenvalue weighted by Crippen LogP contribution is -2.18. The van der Waals surface area contributed by atoms with E-state index in [-0.39, 0.29) is 17.0 Å². The SMILES string of the molecule is COC(=O)C(C(=O)OC)=C(/C=C/Cl)CCl. The zero-order valence-corrected chi connectivity index (χ0v) is 9.76. The van der Waals surface area contributed by atoms with Crippen molar-refractivity contribution in [2.75, 3.05) is 20.1 Å². The summed E-state index contributed by atoms with van der Waals surface area (Å²) in [6.07, 6.45) is 1.33. The number of hydrogen-bond acceptors (Lipinski definition) is 4. The van der Waals surface area contributed by atoms with E-state index in [9.17, 15) is 9.59 Å². The van der Waals surface area contributed by atoms with E-state index >= 15 is 0 Å². The Morgan fingerprint density at radius 1 is 1.20 bits per heavy atom. The van der Waals surface area contributed by atoms with Crippen LogP contribution in [0.15, 0.2) is 22.8 Å². The average molecular weight is 253 g/mol. The molecule has 0 saturated carbocycles. The number of allylic oxidation sites excluding steroid dienone is 2. The van der Waals surface area contributed by atoms with Crippen molar-refractivity contribution in [2.24, 2.45) is 0 Å².